The first-order valence-corrected chi connectivity index (χ1v) is 7.40. The lowest BCUT2D eigenvalue weighted by molar-refractivity contribution is 0.0952. The second-order valence-electron chi connectivity index (χ2n) is 5.40. The minimum absolute atomic E-state index is 0.0938. The maximum Gasteiger partial charge on any atom is 0.275 e. The van der Waals surface area contributed by atoms with Crippen molar-refractivity contribution < 1.29 is 15.0 Å². The highest BCUT2D eigenvalue weighted by Gasteiger charge is 2.12. The standard InChI is InChI=1S/C19H16N2O3/c1-12(13-6-8-16(22)9-7-13)20-21-19(24)17-10-14-4-2-3-5-15(14)11-18(17)23/h2-11,22-23H,1H3,(H,21,24)/b20-12+. The Bertz CT molecular complexity index is 931. The van der Waals surface area contributed by atoms with E-state index in [9.17, 15) is 15.0 Å². The van der Waals surface area contributed by atoms with Gasteiger partial charge in [0.05, 0.1) is 11.3 Å². The highest BCUT2D eigenvalue weighted by molar-refractivity contribution is 6.03. The monoisotopic (exact) mass is 320 g/mol. The first-order chi connectivity index (χ1) is 11.5. The number of carbonyl (C=O) groups is 1. The number of rotatable bonds is 3. The molecule has 0 atom stereocenters. The van der Waals surface area contributed by atoms with E-state index in [0.717, 1.165) is 16.3 Å². The molecule has 1 amide bonds. The molecule has 0 aromatic heterocycles. The molecule has 0 saturated carbocycles. The Kier molecular flexibility index (Phi) is 4.16. The largest absolute Gasteiger partial charge is 0.508 e. The summed E-state index contributed by atoms with van der Waals surface area (Å²) >= 11 is 0. The van der Waals surface area contributed by atoms with Crippen LogP contribution in [0, 0.1) is 0 Å². The van der Waals surface area contributed by atoms with E-state index < -0.39 is 5.91 Å². The quantitative estimate of drug-likeness (QED) is 0.511. The van der Waals surface area contributed by atoms with Crippen LogP contribution in [0.1, 0.15) is 22.8 Å². The zero-order valence-corrected chi connectivity index (χ0v) is 13.0. The Labute approximate surface area is 138 Å². The fourth-order valence-electron chi connectivity index (χ4n) is 2.37. The first kappa shape index (κ1) is 15.6. The maximum atomic E-state index is 12.3. The molecule has 0 saturated heterocycles. The van der Waals surface area contributed by atoms with Crippen LogP contribution in [-0.4, -0.2) is 21.8 Å². The lowest BCUT2D eigenvalue weighted by Gasteiger charge is -2.07. The van der Waals surface area contributed by atoms with E-state index in [1.54, 1.807) is 43.3 Å². The van der Waals surface area contributed by atoms with Gasteiger partial charge in [-0.25, -0.2) is 5.43 Å². The molecule has 0 aliphatic rings. The molecule has 3 N–H and O–H groups in total. The fourth-order valence-corrected chi connectivity index (χ4v) is 2.37. The van der Waals surface area contributed by atoms with Gasteiger partial charge in [-0.2, -0.15) is 5.10 Å². The molecule has 3 rings (SSSR count). The van der Waals surface area contributed by atoms with Gasteiger partial charge in [-0.1, -0.05) is 24.3 Å². The number of benzene rings is 3. The number of nitrogens with zero attached hydrogens (tertiary/aromatic N) is 1. The Morgan fingerprint density at radius 1 is 0.958 bits per heavy atom. The van der Waals surface area contributed by atoms with Gasteiger partial charge in [0.1, 0.15) is 11.5 Å². The van der Waals surface area contributed by atoms with Gasteiger partial charge in [0.15, 0.2) is 0 Å². The molecule has 0 aliphatic carbocycles. The van der Waals surface area contributed by atoms with Crippen LogP contribution in [0.5, 0.6) is 11.5 Å². The van der Waals surface area contributed by atoms with Crippen LogP contribution in [0.4, 0.5) is 0 Å². The first-order valence-electron chi connectivity index (χ1n) is 7.40. The van der Waals surface area contributed by atoms with E-state index in [1.807, 2.05) is 24.3 Å². The average Bonchev–Trinajstić information content (AvgIpc) is 2.59. The van der Waals surface area contributed by atoms with E-state index in [1.165, 1.54) is 0 Å². The summed E-state index contributed by atoms with van der Waals surface area (Å²) in [5.74, 6) is -0.420. The summed E-state index contributed by atoms with van der Waals surface area (Å²) < 4.78 is 0. The minimum Gasteiger partial charge on any atom is -0.508 e. The number of phenolic OH excluding ortho intramolecular Hbond substituents is 2. The summed E-state index contributed by atoms with van der Waals surface area (Å²) in [4.78, 5) is 12.3. The van der Waals surface area contributed by atoms with Gasteiger partial charge in [0, 0.05) is 0 Å². The van der Waals surface area contributed by atoms with Gasteiger partial charge in [-0.15, -0.1) is 0 Å². The highest BCUT2D eigenvalue weighted by Crippen LogP contribution is 2.24. The normalized spacial score (nSPS) is 11.5. The number of hydrogen-bond donors (Lipinski definition) is 3. The van der Waals surface area contributed by atoms with Gasteiger partial charge in [-0.3, -0.25) is 4.79 Å². The number of carbonyl (C=O) groups excluding carboxylic acids is 1. The number of hydrogen-bond acceptors (Lipinski definition) is 4. The molecular formula is C19H16N2O3. The summed E-state index contributed by atoms with van der Waals surface area (Å²) in [6, 6.07) is 17.2. The molecular weight excluding hydrogens is 304 g/mol. The molecule has 3 aromatic carbocycles. The van der Waals surface area contributed by atoms with E-state index in [2.05, 4.69) is 10.5 Å². The number of phenols is 2. The minimum atomic E-state index is -0.489. The van der Waals surface area contributed by atoms with Crippen molar-refractivity contribution in [2.45, 2.75) is 6.92 Å². The van der Waals surface area contributed by atoms with Gasteiger partial charge >= 0.3 is 0 Å². The van der Waals surface area contributed by atoms with E-state index >= 15 is 0 Å². The average molecular weight is 320 g/mol. The fraction of sp³-hybridized carbons (Fsp3) is 0.0526. The van der Waals surface area contributed by atoms with Crippen molar-refractivity contribution in [3.8, 4) is 11.5 Å². The third-order valence-electron chi connectivity index (χ3n) is 3.72. The summed E-state index contributed by atoms with van der Waals surface area (Å²) in [5, 5.41) is 25.1. The van der Waals surface area contributed by atoms with Gasteiger partial charge in [0.2, 0.25) is 0 Å². The van der Waals surface area contributed by atoms with Gasteiger partial charge < -0.3 is 10.2 Å². The van der Waals surface area contributed by atoms with Crippen molar-refractivity contribution in [3.63, 3.8) is 0 Å². The molecule has 5 nitrogen and oxygen atoms in total. The lowest BCUT2D eigenvalue weighted by Crippen LogP contribution is -2.19. The third kappa shape index (κ3) is 3.20. The molecule has 0 spiro atoms. The molecule has 0 fully saturated rings. The zero-order valence-electron chi connectivity index (χ0n) is 13.0. The predicted molar refractivity (Wildman–Crippen MR) is 93.4 cm³/mol. The number of amides is 1. The predicted octanol–water partition coefficient (Wildman–Crippen LogP) is 3.41. The van der Waals surface area contributed by atoms with Crippen LogP contribution in [0.2, 0.25) is 0 Å². The molecule has 3 aromatic rings. The number of hydrazone groups is 1. The van der Waals surface area contributed by atoms with Crippen LogP contribution in [0.3, 0.4) is 0 Å². The molecule has 0 aliphatic heterocycles. The van der Waals surface area contributed by atoms with Crippen LogP contribution in [0.15, 0.2) is 65.8 Å². The summed E-state index contributed by atoms with van der Waals surface area (Å²) in [7, 11) is 0. The lowest BCUT2D eigenvalue weighted by atomic mass is 10.1. The Morgan fingerprint density at radius 2 is 1.58 bits per heavy atom. The Balaban J connectivity index is 1.83. The van der Waals surface area contributed by atoms with Crippen LogP contribution < -0.4 is 5.43 Å². The van der Waals surface area contributed by atoms with Crippen LogP contribution in [0.25, 0.3) is 10.8 Å². The Morgan fingerprint density at radius 3 is 2.25 bits per heavy atom. The summed E-state index contributed by atoms with van der Waals surface area (Å²) in [6.45, 7) is 1.74. The number of fused-ring (bicyclic) bond motifs is 1. The van der Waals surface area contributed by atoms with Crippen LogP contribution in [-0.2, 0) is 0 Å². The molecule has 5 heteroatoms. The van der Waals surface area contributed by atoms with E-state index in [-0.39, 0.29) is 17.1 Å². The second-order valence-corrected chi connectivity index (χ2v) is 5.40. The number of nitrogens with one attached hydrogen (secondary N) is 1. The second kappa shape index (κ2) is 6.42. The molecule has 120 valence electrons. The maximum absolute atomic E-state index is 12.3. The SMILES string of the molecule is C/C(=N\NC(=O)c1cc2ccccc2cc1O)c1ccc(O)cc1. The van der Waals surface area contributed by atoms with Crippen molar-refractivity contribution >= 4 is 22.4 Å². The van der Waals surface area contributed by atoms with Crippen molar-refractivity contribution in [2.24, 2.45) is 5.10 Å². The van der Waals surface area contributed by atoms with Gasteiger partial charge in [0.25, 0.3) is 5.91 Å². The van der Waals surface area contributed by atoms with Gasteiger partial charge in [-0.05, 0) is 59.7 Å². The van der Waals surface area contributed by atoms with Crippen molar-refractivity contribution in [1.82, 2.24) is 5.43 Å². The molecule has 0 radical (unpaired) electrons. The molecule has 24 heavy (non-hydrogen) atoms. The van der Waals surface area contributed by atoms with Crippen molar-refractivity contribution in [2.75, 3.05) is 0 Å². The smallest absolute Gasteiger partial charge is 0.275 e. The summed E-state index contributed by atoms with van der Waals surface area (Å²) in [6.07, 6.45) is 0. The number of aromatic hydroxyl groups is 2. The zero-order chi connectivity index (χ0) is 17.1. The highest BCUT2D eigenvalue weighted by atomic mass is 16.3. The molecule has 0 bridgehead atoms. The van der Waals surface area contributed by atoms with Crippen LogP contribution >= 0.6 is 0 Å². The third-order valence-corrected chi connectivity index (χ3v) is 3.72. The summed E-state index contributed by atoms with van der Waals surface area (Å²) in [5.41, 5.74) is 3.97. The Hall–Kier alpha value is -3.34. The van der Waals surface area contributed by atoms with E-state index in [4.69, 9.17) is 0 Å². The molecule has 0 heterocycles. The van der Waals surface area contributed by atoms with E-state index in [0.29, 0.717) is 5.71 Å². The topological polar surface area (TPSA) is 81.9 Å². The van der Waals surface area contributed by atoms with Crippen molar-refractivity contribution in [3.05, 3.63) is 71.8 Å². The molecule has 0 unspecified atom stereocenters. The van der Waals surface area contributed by atoms with Crippen molar-refractivity contribution in [1.29, 1.82) is 0 Å².